The number of rotatable bonds is 5. The van der Waals surface area contributed by atoms with Crippen LogP contribution in [0.25, 0.3) is 0 Å². The maximum atomic E-state index is 5.76. The lowest BCUT2D eigenvalue weighted by atomic mass is 10.2. The maximum Gasteiger partial charge on any atom is 0.0954 e. The summed E-state index contributed by atoms with van der Waals surface area (Å²) in [4.78, 5) is 4.54. The van der Waals surface area contributed by atoms with Crippen molar-refractivity contribution < 1.29 is 9.47 Å². The van der Waals surface area contributed by atoms with Crippen LogP contribution in [0.3, 0.4) is 0 Å². The third-order valence-corrected chi connectivity index (χ3v) is 4.04. The normalized spacial score (nSPS) is 24.7. The molecule has 0 bridgehead atoms. The van der Waals surface area contributed by atoms with Gasteiger partial charge in [0.05, 0.1) is 36.1 Å². The number of morpholine rings is 1. The standard InChI is InChI=1S/C13H22N2O2S/c1-9(2)13-15-11(8-18-13)6-16-7-12-5-14-4-10(3)17-12/h8-10,12,14H,4-7H2,1-3H3. The summed E-state index contributed by atoms with van der Waals surface area (Å²) in [6.45, 7) is 9.41. The van der Waals surface area contributed by atoms with Gasteiger partial charge in [0.2, 0.25) is 0 Å². The zero-order valence-corrected chi connectivity index (χ0v) is 12.1. The van der Waals surface area contributed by atoms with Crippen LogP contribution in [0.15, 0.2) is 5.38 Å². The van der Waals surface area contributed by atoms with Crippen LogP contribution in [0.1, 0.15) is 37.4 Å². The molecule has 1 N–H and O–H groups in total. The molecule has 2 rings (SSSR count). The lowest BCUT2D eigenvalue weighted by Gasteiger charge is -2.28. The molecule has 1 aliphatic rings. The number of aromatic nitrogens is 1. The van der Waals surface area contributed by atoms with E-state index in [0.717, 1.165) is 18.8 Å². The van der Waals surface area contributed by atoms with Crippen molar-refractivity contribution in [3.05, 3.63) is 16.1 Å². The minimum Gasteiger partial charge on any atom is -0.372 e. The molecule has 1 fully saturated rings. The third kappa shape index (κ3) is 4.02. The van der Waals surface area contributed by atoms with Crippen LogP contribution in [0.5, 0.6) is 0 Å². The quantitative estimate of drug-likeness (QED) is 0.890. The molecule has 1 aliphatic heterocycles. The fraction of sp³-hybridized carbons (Fsp3) is 0.769. The molecule has 4 nitrogen and oxygen atoms in total. The zero-order chi connectivity index (χ0) is 13.0. The Morgan fingerprint density at radius 2 is 2.39 bits per heavy atom. The fourth-order valence-corrected chi connectivity index (χ4v) is 2.74. The smallest absolute Gasteiger partial charge is 0.0954 e. The second-order valence-electron chi connectivity index (χ2n) is 5.07. The molecule has 0 amide bonds. The van der Waals surface area contributed by atoms with Gasteiger partial charge in [0, 0.05) is 24.4 Å². The summed E-state index contributed by atoms with van der Waals surface area (Å²) in [7, 11) is 0. The van der Waals surface area contributed by atoms with E-state index in [4.69, 9.17) is 9.47 Å². The zero-order valence-electron chi connectivity index (χ0n) is 11.3. The fourth-order valence-electron chi connectivity index (χ4n) is 1.92. The molecule has 0 spiro atoms. The molecule has 0 aliphatic carbocycles. The van der Waals surface area contributed by atoms with E-state index in [-0.39, 0.29) is 12.2 Å². The number of hydrogen-bond acceptors (Lipinski definition) is 5. The van der Waals surface area contributed by atoms with Crippen molar-refractivity contribution >= 4 is 11.3 Å². The molecule has 2 heterocycles. The predicted octanol–water partition coefficient (Wildman–Crippen LogP) is 2.16. The minimum absolute atomic E-state index is 0.164. The van der Waals surface area contributed by atoms with Gasteiger partial charge in [0.25, 0.3) is 0 Å². The molecule has 1 aromatic heterocycles. The van der Waals surface area contributed by atoms with Gasteiger partial charge in [-0.1, -0.05) is 13.8 Å². The van der Waals surface area contributed by atoms with Gasteiger partial charge in [0.15, 0.2) is 0 Å². The lowest BCUT2D eigenvalue weighted by molar-refractivity contribution is -0.0719. The number of hydrogen-bond donors (Lipinski definition) is 1. The van der Waals surface area contributed by atoms with Gasteiger partial charge in [-0.3, -0.25) is 0 Å². The second-order valence-corrected chi connectivity index (χ2v) is 5.96. The summed E-state index contributed by atoms with van der Waals surface area (Å²) in [5.41, 5.74) is 1.03. The van der Waals surface area contributed by atoms with Crippen LogP contribution in [0.4, 0.5) is 0 Å². The molecule has 1 saturated heterocycles. The van der Waals surface area contributed by atoms with Crippen LogP contribution in [0.2, 0.25) is 0 Å². The van der Waals surface area contributed by atoms with Crippen LogP contribution in [0, 0.1) is 0 Å². The molecule has 2 atom stereocenters. The molecule has 0 saturated carbocycles. The Bertz CT molecular complexity index is 368. The molecule has 102 valence electrons. The number of nitrogens with zero attached hydrogens (tertiary/aromatic N) is 1. The van der Waals surface area contributed by atoms with E-state index in [2.05, 4.69) is 36.5 Å². The van der Waals surface area contributed by atoms with Gasteiger partial charge in [-0.25, -0.2) is 4.98 Å². The Morgan fingerprint density at radius 3 is 3.06 bits per heavy atom. The van der Waals surface area contributed by atoms with E-state index in [0.29, 0.717) is 19.1 Å². The van der Waals surface area contributed by atoms with Crippen molar-refractivity contribution in [1.82, 2.24) is 10.3 Å². The Balaban J connectivity index is 1.71. The molecule has 5 heteroatoms. The average Bonchev–Trinajstić information content (AvgIpc) is 2.78. The van der Waals surface area contributed by atoms with E-state index in [1.165, 1.54) is 5.01 Å². The van der Waals surface area contributed by atoms with Crippen LogP contribution < -0.4 is 5.32 Å². The van der Waals surface area contributed by atoms with Gasteiger partial charge < -0.3 is 14.8 Å². The van der Waals surface area contributed by atoms with Crippen molar-refractivity contribution in [3.63, 3.8) is 0 Å². The first kappa shape index (κ1) is 13.9. The highest BCUT2D eigenvalue weighted by molar-refractivity contribution is 7.09. The van der Waals surface area contributed by atoms with E-state index >= 15 is 0 Å². The first-order chi connectivity index (χ1) is 8.65. The van der Waals surface area contributed by atoms with Gasteiger partial charge >= 0.3 is 0 Å². The van der Waals surface area contributed by atoms with Gasteiger partial charge in [-0.05, 0) is 6.92 Å². The minimum atomic E-state index is 0.164. The van der Waals surface area contributed by atoms with Crippen molar-refractivity contribution in [2.45, 2.75) is 45.5 Å². The van der Waals surface area contributed by atoms with Crippen molar-refractivity contribution in [2.24, 2.45) is 0 Å². The predicted molar refractivity (Wildman–Crippen MR) is 73.1 cm³/mol. The molecule has 18 heavy (non-hydrogen) atoms. The summed E-state index contributed by atoms with van der Waals surface area (Å²) < 4.78 is 11.4. The number of thiazole rings is 1. The summed E-state index contributed by atoms with van der Waals surface area (Å²) in [6.07, 6.45) is 0.441. The number of ether oxygens (including phenoxy) is 2. The van der Waals surface area contributed by atoms with E-state index in [1.807, 2.05) is 0 Å². The van der Waals surface area contributed by atoms with Gasteiger partial charge in [0.1, 0.15) is 0 Å². The highest BCUT2D eigenvalue weighted by Gasteiger charge is 2.18. The molecule has 0 aromatic carbocycles. The lowest BCUT2D eigenvalue weighted by Crippen LogP contribution is -2.45. The Morgan fingerprint density at radius 1 is 1.56 bits per heavy atom. The topological polar surface area (TPSA) is 43.4 Å². The second kappa shape index (κ2) is 6.61. The highest BCUT2D eigenvalue weighted by Crippen LogP contribution is 2.19. The van der Waals surface area contributed by atoms with Crippen LogP contribution in [-0.4, -0.2) is 36.9 Å². The molecule has 2 unspecified atom stereocenters. The average molecular weight is 270 g/mol. The summed E-state index contributed by atoms with van der Waals surface area (Å²) in [6, 6.07) is 0. The Hall–Kier alpha value is -0.490. The van der Waals surface area contributed by atoms with Gasteiger partial charge in [-0.15, -0.1) is 11.3 Å². The monoisotopic (exact) mass is 270 g/mol. The van der Waals surface area contributed by atoms with Crippen LogP contribution in [-0.2, 0) is 16.1 Å². The summed E-state index contributed by atoms with van der Waals surface area (Å²) >= 11 is 1.71. The Kier molecular flexibility index (Phi) is 5.12. The SMILES string of the molecule is CC1CNCC(COCc2csc(C(C)C)n2)O1. The Labute approximate surface area is 113 Å². The first-order valence-electron chi connectivity index (χ1n) is 6.53. The third-order valence-electron chi connectivity index (χ3n) is 2.85. The molecule has 0 radical (unpaired) electrons. The molecular formula is C13H22N2O2S. The van der Waals surface area contributed by atoms with E-state index in [9.17, 15) is 0 Å². The van der Waals surface area contributed by atoms with E-state index < -0.39 is 0 Å². The maximum absolute atomic E-state index is 5.76. The van der Waals surface area contributed by atoms with Crippen molar-refractivity contribution in [1.29, 1.82) is 0 Å². The first-order valence-corrected chi connectivity index (χ1v) is 7.41. The van der Waals surface area contributed by atoms with Crippen molar-refractivity contribution in [3.8, 4) is 0 Å². The molecule has 1 aromatic rings. The number of nitrogens with one attached hydrogen (secondary N) is 1. The van der Waals surface area contributed by atoms with Gasteiger partial charge in [-0.2, -0.15) is 0 Å². The highest BCUT2D eigenvalue weighted by atomic mass is 32.1. The molecular weight excluding hydrogens is 248 g/mol. The van der Waals surface area contributed by atoms with Crippen molar-refractivity contribution in [2.75, 3.05) is 19.7 Å². The summed E-state index contributed by atoms with van der Waals surface area (Å²) in [5, 5.41) is 6.59. The largest absolute Gasteiger partial charge is 0.372 e. The van der Waals surface area contributed by atoms with E-state index in [1.54, 1.807) is 11.3 Å². The summed E-state index contributed by atoms with van der Waals surface area (Å²) in [5.74, 6) is 0.496. The van der Waals surface area contributed by atoms with Crippen LogP contribution >= 0.6 is 11.3 Å².